The number of hydrogen-bond acceptors (Lipinski definition) is 4. The summed E-state index contributed by atoms with van der Waals surface area (Å²) in [5, 5.41) is 8.87. The van der Waals surface area contributed by atoms with Gasteiger partial charge in [-0.3, -0.25) is 4.90 Å². The third kappa shape index (κ3) is 3.13. The highest BCUT2D eigenvalue weighted by Crippen LogP contribution is 2.29. The van der Waals surface area contributed by atoms with Crippen LogP contribution in [0.4, 0.5) is 0 Å². The van der Waals surface area contributed by atoms with Gasteiger partial charge in [-0.1, -0.05) is 12.1 Å². The second kappa shape index (κ2) is 5.68. The molecule has 0 amide bonds. The van der Waals surface area contributed by atoms with E-state index in [0.29, 0.717) is 12.1 Å². The normalized spacial score (nSPS) is 27.7. The van der Waals surface area contributed by atoms with Crippen molar-refractivity contribution < 1.29 is 8.42 Å². The quantitative estimate of drug-likeness (QED) is 0.877. The molecule has 2 aliphatic heterocycles. The smallest absolute Gasteiger partial charge is 0.238 e. The van der Waals surface area contributed by atoms with Crippen LogP contribution in [0.15, 0.2) is 29.2 Å². The molecular weight excluding hydrogens is 286 g/mol. The van der Waals surface area contributed by atoms with Gasteiger partial charge in [-0.2, -0.15) is 0 Å². The van der Waals surface area contributed by atoms with E-state index in [1.54, 1.807) is 18.2 Å². The molecule has 5 nitrogen and oxygen atoms in total. The highest BCUT2D eigenvalue weighted by molar-refractivity contribution is 7.89. The van der Waals surface area contributed by atoms with E-state index in [1.165, 1.54) is 32.4 Å². The second-order valence-corrected chi connectivity index (χ2v) is 7.71. The molecule has 1 aromatic carbocycles. The zero-order valence-electron chi connectivity index (χ0n) is 12.3. The number of hydrogen-bond donors (Lipinski definition) is 2. The maximum atomic E-state index is 11.5. The van der Waals surface area contributed by atoms with Crippen molar-refractivity contribution in [1.29, 1.82) is 0 Å². The van der Waals surface area contributed by atoms with Gasteiger partial charge in [0.15, 0.2) is 0 Å². The van der Waals surface area contributed by atoms with Crippen molar-refractivity contribution in [3.8, 4) is 0 Å². The second-order valence-electron chi connectivity index (χ2n) is 6.15. The zero-order valence-corrected chi connectivity index (χ0v) is 13.1. The first-order valence-electron chi connectivity index (χ1n) is 7.58. The van der Waals surface area contributed by atoms with E-state index < -0.39 is 10.0 Å². The highest BCUT2D eigenvalue weighted by Gasteiger charge is 2.37. The molecule has 2 aliphatic rings. The molecule has 1 aromatic rings. The molecule has 3 unspecified atom stereocenters. The van der Waals surface area contributed by atoms with Crippen LogP contribution in [0.1, 0.15) is 37.8 Å². The van der Waals surface area contributed by atoms with Crippen LogP contribution < -0.4 is 10.5 Å². The van der Waals surface area contributed by atoms with E-state index in [0.717, 1.165) is 5.56 Å². The van der Waals surface area contributed by atoms with Crippen LogP contribution in [-0.4, -0.2) is 38.5 Å². The van der Waals surface area contributed by atoms with E-state index >= 15 is 0 Å². The Morgan fingerprint density at radius 2 is 2.14 bits per heavy atom. The summed E-state index contributed by atoms with van der Waals surface area (Å²) in [4.78, 5) is 2.74. The summed E-state index contributed by atoms with van der Waals surface area (Å²) in [6.45, 7) is 4.48. The third-order valence-electron chi connectivity index (χ3n) is 4.76. The van der Waals surface area contributed by atoms with E-state index in [2.05, 4.69) is 17.1 Å². The number of nitrogens with zero attached hydrogens (tertiary/aromatic N) is 1. The first kappa shape index (κ1) is 15.0. The Hall–Kier alpha value is -0.950. The minimum Gasteiger partial charge on any atom is -0.306 e. The lowest BCUT2D eigenvalue weighted by Crippen LogP contribution is -2.40. The number of benzene rings is 1. The van der Waals surface area contributed by atoms with Crippen LogP contribution in [0.25, 0.3) is 0 Å². The standard InChI is InChI=1S/C15H23N3O2S/c1-11(12-4-2-5-13(10-12)21(16,19)20)17-14-7-9-18-8-3-6-15(14)18/h2,4-5,10-11,14-15,17H,3,6-9H2,1H3,(H2,16,19,20). The van der Waals surface area contributed by atoms with Crippen molar-refractivity contribution in [1.82, 2.24) is 10.2 Å². The Kier molecular flexibility index (Phi) is 4.05. The summed E-state index contributed by atoms with van der Waals surface area (Å²) < 4.78 is 22.9. The number of sulfonamides is 1. The maximum Gasteiger partial charge on any atom is 0.238 e. The average Bonchev–Trinajstić information content (AvgIpc) is 3.03. The topological polar surface area (TPSA) is 75.4 Å². The molecule has 0 saturated carbocycles. The molecule has 116 valence electrons. The Morgan fingerprint density at radius 1 is 1.33 bits per heavy atom. The molecule has 2 saturated heterocycles. The van der Waals surface area contributed by atoms with Crippen LogP contribution in [0.2, 0.25) is 0 Å². The van der Waals surface area contributed by atoms with E-state index in [9.17, 15) is 8.42 Å². The summed E-state index contributed by atoms with van der Waals surface area (Å²) in [6, 6.07) is 8.19. The van der Waals surface area contributed by atoms with Gasteiger partial charge < -0.3 is 5.32 Å². The Morgan fingerprint density at radius 3 is 2.90 bits per heavy atom. The number of nitrogens with two attached hydrogens (primary N) is 1. The molecule has 0 spiro atoms. The van der Waals surface area contributed by atoms with E-state index in [1.807, 2.05) is 6.07 Å². The number of fused-ring (bicyclic) bond motifs is 1. The van der Waals surface area contributed by atoms with Crippen LogP contribution in [0, 0.1) is 0 Å². The van der Waals surface area contributed by atoms with Gasteiger partial charge in [0.25, 0.3) is 0 Å². The van der Waals surface area contributed by atoms with Crippen LogP contribution in [0.5, 0.6) is 0 Å². The SMILES string of the molecule is CC(NC1CCN2CCCC12)c1cccc(S(N)(=O)=O)c1. The molecule has 2 fully saturated rings. The molecule has 3 atom stereocenters. The van der Waals surface area contributed by atoms with Crippen LogP contribution in [-0.2, 0) is 10.0 Å². The predicted molar refractivity (Wildman–Crippen MR) is 82.4 cm³/mol. The lowest BCUT2D eigenvalue weighted by molar-refractivity contribution is 0.291. The van der Waals surface area contributed by atoms with Gasteiger partial charge in [0, 0.05) is 24.7 Å². The van der Waals surface area contributed by atoms with Crippen molar-refractivity contribution in [2.45, 2.75) is 49.2 Å². The van der Waals surface area contributed by atoms with Gasteiger partial charge in [0.1, 0.15) is 0 Å². The number of primary sulfonamides is 1. The predicted octanol–water partition coefficient (Wildman–Crippen LogP) is 1.22. The first-order chi connectivity index (χ1) is 9.95. The van der Waals surface area contributed by atoms with Crippen molar-refractivity contribution in [3.63, 3.8) is 0 Å². The monoisotopic (exact) mass is 309 g/mol. The summed E-state index contributed by atoms with van der Waals surface area (Å²) in [6.07, 6.45) is 3.73. The van der Waals surface area contributed by atoms with Gasteiger partial charge in [0.05, 0.1) is 4.90 Å². The number of rotatable bonds is 4. The molecule has 0 bridgehead atoms. The van der Waals surface area contributed by atoms with Crippen molar-refractivity contribution >= 4 is 10.0 Å². The molecule has 6 heteroatoms. The summed E-state index contributed by atoms with van der Waals surface area (Å²) >= 11 is 0. The van der Waals surface area contributed by atoms with Crippen LogP contribution >= 0.6 is 0 Å². The van der Waals surface area contributed by atoms with Crippen LogP contribution in [0.3, 0.4) is 0 Å². The molecule has 3 rings (SSSR count). The highest BCUT2D eigenvalue weighted by atomic mass is 32.2. The van der Waals surface area contributed by atoms with Gasteiger partial charge >= 0.3 is 0 Å². The minimum atomic E-state index is -3.64. The van der Waals surface area contributed by atoms with Gasteiger partial charge in [0.2, 0.25) is 10.0 Å². The fourth-order valence-corrected chi connectivity index (χ4v) is 4.22. The first-order valence-corrected chi connectivity index (χ1v) is 9.12. The fourth-order valence-electron chi connectivity index (χ4n) is 3.66. The minimum absolute atomic E-state index is 0.122. The van der Waals surface area contributed by atoms with Gasteiger partial charge in [-0.05, 0) is 50.4 Å². The summed E-state index contributed by atoms with van der Waals surface area (Å²) in [7, 11) is -3.64. The largest absolute Gasteiger partial charge is 0.306 e. The molecular formula is C15H23N3O2S. The van der Waals surface area contributed by atoms with Gasteiger partial charge in [-0.15, -0.1) is 0 Å². The summed E-state index contributed by atoms with van der Waals surface area (Å²) in [5.74, 6) is 0. The van der Waals surface area contributed by atoms with Crippen molar-refractivity contribution in [3.05, 3.63) is 29.8 Å². The molecule has 0 aromatic heterocycles. The van der Waals surface area contributed by atoms with Crippen molar-refractivity contribution in [2.24, 2.45) is 5.14 Å². The molecule has 0 radical (unpaired) electrons. The third-order valence-corrected chi connectivity index (χ3v) is 5.67. The molecule has 3 N–H and O–H groups in total. The molecule has 2 heterocycles. The zero-order chi connectivity index (χ0) is 15.0. The fraction of sp³-hybridized carbons (Fsp3) is 0.600. The van der Waals surface area contributed by atoms with E-state index in [4.69, 9.17) is 5.14 Å². The lowest BCUT2D eigenvalue weighted by atomic mass is 10.0. The van der Waals surface area contributed by atoms with Crippen molar-refractivity contribution in [2.75, 3.05) is 13.1 Å². The lowest BCUT2D eigenvalue weighted by Gasteiger charge is -2.25. The maximum absolute atomic E-state index is 11.5. The number of nitrogens with one attached hydrogen (secondary N) is 1. The Bertz CT molecular complexity index is 617. The Balaban J connectivity index is 1.72. The average molecular weight is 309 g/mol. The van der Waals surface area contributed by atoms with E-state index in [-0.39, 0.29) is 10.9 Å². The molecule has 0 aliphatic carbocycles. The van der Waals surface area contributed by atoms with Gasteiger partial charge in [-0.25, -0.2) is 13.6 Å². The Labute approximate surface area is 126 Å². The molecule has 21 heavy (non-hydrogen) atoms. The summed E-state index contributed by atoms with van der Waals surface area (Å²) in [5.41, 5.74) is 0.970.